The monoisotopic (exact) mass is 797 g/mol. The number of phosphoric ester groups is 1. The Kier molecular flexibility index (Phi) is 34.5. The Bertz CT molecular complexity index is 1140. The van der Waals surface area contributed by atoms with E-state index in [0.29, 0.717) is 36.7 Å². The molecule has 0 bridgehead atoms. The predicted molar refractivity (Wildman–Crippen MR) is 225 cm³/mol. The van der Waals surface area contributed by atoms with Crippen LogP contribution in [0.15, 0.2) is 60.8 Å². The Morgan fingerprint density at radius 2 is 1.22 bits per heavy atom. The average Bonchev–Trinajstić information content (AvgIpc) is 3.13. The minimum absolute atomic E-state index is 0.00675. The van der Waals surface area contributed by atoms with Gasteiger partial charge in [-0.2, -0.15) is 0 Å². The number of likely N-dealkylation sites (N-methyl/N-ethyl adjacent to an activating group) is 1. The number of phosphoric acid groups is 1. The number of hydrogen-bond donors (Lipinski definition) is 2. The van der Waals surface area contributed by atoms with Gasteiger partial charge in [0.05, 0.1) is 33.9 Å². The van der Waals surface area contributed by atoms with Gasteiger partial charge in [0.15, 0.2) is 6.10 Å². The van der Waals surface area contributed by atoms with E-state index in [1.807, 2.05) is 57.6 Å². The molecule has 0 saturated heterocycles. The maximum atomic E-state index is 12.6. The first-order valence-corrected chi connectivity index (χ1v) is 22.6. The van der Waals surface area contributed by atoms with Crippen molar-refractivity contribution in [1.82, 2.24) is 0 Å². The van der Waals surface area contributed by atoms with E-state index in [-0.39, 0.29) is 26.1 Å². The number of ether oxygens (including phenoxy) is 2. The minimum atomic E-state index is -4.41. The van der Waals surface area contributed by atoms with Crippen molar-refractivity contribution < 1.29 is 47.2 Å². The van der Waals surface area contributed by atoms with Crippen molar-refractivity contribution >= 4 is 19.8 Å². The number of quaternary nitrogens is 1. The molecule has 1 unspecified atom stereocenters. The summed E-state index contributed by atoms with van der Waals surface area (Å²) < 4.78 is 34.1. The van der Waals surface area contributed by atoms with Crippen LogP contribution in [-0.4, -0.2) is 86.1 Å². The van der Waals surface area contributed by atoms with Crippen LogP contribution in [0.25, 0.3) is 0 Å². The lowest BCUT2D eigenvalue weighted by atomic mass is 10.1. The van der Waals surface area contributed by atoms with Crippen LogP contribution < -0.4 is 0 Å². The highest BCUT2D eigenvalue weighted by atomic mass is 31.2. The molecule has 0 radical (unpaired) electrons. The summed E-state index contributed by atoms with van der Waals surface area (Å²) in [6, 6.07) is 0. The minimum Gasteiger partial charge on any atom is -0.462 e. The molecule has 0 fully saturated rings. The number of rotatable bonds is 37. The molecule has 0 saturated carbocycles. The largest absolute Gasteiger partial charge is 0.472 e. The van der Waals surface area contributed by atoms with Gasteiger partial charge in [0, 0.05) is 12.8 Å². The maximum absolute atomic E-state index is 12.6. The number of esters is 2. The van der Waals surface area contributed by atoms with Crippen LogP contribution in [0.2, 0.25) is 0 Å². The molecule has 10 nitrogen and oxygen atoms in total. The lowest BCUT2D eigenvalue weighted by Crippen LogP contribution is -2.37. The molecule has 318 valence electrons. The van der Waals surface area contributed by atoms with Crippen LogP contribution >= 0.6 is 7.82 Å². The van der Waals surface area contributed by atoms with Gasteiger partial charge < -0.3 is 24.0 Å². The molecule has 0 rings (SSSR count). The second-order valence-corrected chi connectivity index (χ2v) is 16.7. The fraction of sp³-hybridized carbons (Fsp3) is 0.727. The molecule has 0 aliphatic heterocycles. The normalized spacial score (nSPS) is 14.8. The van der Waals surface area contributed by atoms with Crippen LogP contribution in [0, 0.1) is 0 Å². The molecule has 0 amide bonds. The third-order valence-corrected chi connectivity index (χ3v) is 9.58. The summed E-state index contributed by atoms with van der Waals surface area (Å²) in [6.45, 7) is 4.19. The zero-order valence-electron chi connectivity index (χ0n) is 35.3. The lowest BCUT2D eigenvalue weighted by molar-refractivity contribution is -0.870. The van der Waals surface area contributed by atoms with E-state index in [4.69, 9.17) is 18.5 Å². The fourth-order valence-electron chi connectivity index (χ4n) is 5.20. The number of aliphatic hydroxyl groups is 1. The lowest BCUT2D eigenvalue weighted by Gasteiger charge is -2.24. The summed E-state index contributed by atoms with van der Waals surface area (Å²) in [7, 11) is 1.39. The van der Waals surface area contributed by atoms with E-state index in [2.05, 4.69) is 32.1 Å². The van der Waals surface area contributed by atoms with E-state index in [0.717, 1.165) is 44.9 Å². The van der Waals surface area contributed by atoms with E-state index in [9.17, 15) is 24.2 Å². The zero-order valence-corrected chi connectivity index (χ0v) is 36.1. The van der Waals surface area contributed by atoms with Crippen molar-refractivity contribution in [2.24, 2.45) is 0 Å². The third-order valence-electron chi connectivity index (χ3n) is 8.60. The third kappa shape index (κ3) is 39.7. The average molecular weight is 797 g/mol. The predicted octanol–water partition coefficient (Wildman–Crippen LogP) is 10.7. The molecule has 0 aromatic rings. The van der Waals surface area contributed by atoms with Crippen molar-refractivity contribution in [1.29, 1.82) is 0 Å². The molecule has 0 aromatic carbocycles. The molecular formula is C44H79NO9P+. The number of hydrogen-bond acceptors (Lipinski definition) is 8. The Morgan fingerprint density at radius 1 is 0.655 bits per heavy atom. The van der Waals surface area contributed by atoms with Gasteiger partial charge in [-0.1, -0.05) is 126 Å². The summed E-state index contributed by atoms with van der Waals surface area (Å²) in [5.74, 6) is -0.919. The van der Waals surface area contributed by atoms with Gasteiger partial charge in [-0.3, -0.25) is 18.6 Å². The van der Waals surface area contributed by atoms with Crippen LogP contribution in [0.3, 0.4) is 0 Å². The number of carbonyl (C=O) groups excluding carboxylic acids is 2. The van der Waals surface area contributed by atoms with Crippen LogP contribution in [0.5, 0.6) is 0 Å². The molecule has 2 N–H and O–H groups in total. The summed E-state index contributed by atoms with van der Waals surface area (Å²) in [5, 5.41) is 10.0. The fourth-order valence-corrected chi connectivity index (χ4v) is 5.94. The van der Waals surface area contributed by atoms with Gasteiger partial charge in [0.25, 0.3) is 0 Å². The Hall–Kier alpha value is -2.33. The first-order chi connectivity index (χ1) is 26.4. The molecule has 0 aliphatic rings. The maximum Gasteiger partial charge on any atom is 0.472 e. The quantitative estimate of drug-likeness (QED) is 0.0158. The highest BCUT2D eigenvalue weighted by Crippen LogP contribution is 2.43. The van der Waals surface area contributed by atoms with Crippen molar-refractivity contribution in [3.05, 3.63) is 60.8 Å². The van der Waals surface area contributed by atoms with Gasteiger partial charge in [0.2, 0.25) is 0 Å². The molecule has 55 heavy (non-hydrogen) atoms. The Morgan fingerprint density at radius 3 is 1.91 bits per heavy atom. The van der Waals surface area contributed by atoms with Crippen LogP contribution in [-0.2, 0) is 32.7 Å². The molecular weight excluding hydrogens is 717 g/mol. The Labute approximate surface area is 335 Å². The standard InChI is InChI=1S/C44H78NO9P/c1-6-8-10-12-14-15-16-17-18-19-23-27-31-35-43(47)51-39-42(40-53-55(49,50)52-38-37-45(3,4)5)54-44(48)36-32-28-24-21-20-22-26-30-34-41(46)33-29-25-13-11-9-7-2/h15-16,21-22,24-26,29-30,34,41-42,46H,6-14,17-20,23,27-28,31-33,35-40H2,1-5H3/p+1/b16-15-,24-21-,26-22-,29-25-,34-30+/t41-,42+/m0/s1. The van der Waals surface area contributed by atoms with E-state index in [1.54, 1.807) is 6.08 Å². The molecule has 11 heteroatoms. The number of carbonyl (C=O) groups is 2. The highest BCUT2D eigenvalue weighted by molar-refractivity contribution is 7.47. The number of unbranched alkanes of at least 4 members (excludes halogenated alkanes) is 13. The van der Waals surface area contributed by atoms with Crippen molar-refractivity contribution in [2.75, 3.05) is 47.5 Å². The van der Waals surface area contributed by atoms with Gasteiger partial charge >= 0.3 is 19.8 Å². The summed E-state index contributed by atoms with van der Waals surface area (Å²) in [5.41, 5.74) is 0. The number of aliphatic hydroxyl groups excluding tert-OH is 1. The highest BCUT2D eigenvalue weighted by Gasteiger charge is 2.27. The molecule has 0 heterocycles. The summed E-state index contributed by atoms with van der Waals surface area (Å²) in [4.78, 5) is 35.3. The van der Waals surface area contributed by atoms with Crippen LogP contribution in [0.4, 0.5) is 0 Å². The second-order valence-electron chi connectivity index (χ2n) is 15.2. The van der Waals surface area contributed by atoms with Crippen molar-refractivity contribution in [3.63, 3.8) is 0 Å². The van der Waals surface area contributed by atoms with Crippen molar-refractivity contribution in [2.45, 2.75) is 161 Å². The summed E-state index contributed by atoms with van der Waals surface area (Å²) in [6.07, 6.45) is 38.7. The van der Waals surface area contributed by atoms with E-state index in [1.165, 1.54) is 51.4 Å². The van der Waals surface area contributed by atoms with Crippen LogP contribution in [0.1, 0.15) is 149 Å². The zero-order chi connectivity index (χ0) is 40.9. The SMILES string of the molecule is CCCCC/C=C\C[C@H](O)/C=C/C=C\C/C=C\CCCC(=O)O[C@H](COC(=O)CCCCCCC/C=C\CCCCCC)COP(=O)(O)OCC[N+](C)(C)C. The number of allylic oxidation sites excluding steroid dienone is 8. The Balaban J connectivity index is 4.58. The van der Waals surface area contributed by atoms with Crippen molar-refractivity contribution in [3.8, 4) is 0 Å². The summed E-state index contributed by atoms with van der Waals surface area (Å²) >= 11 is 0. The van der Waals surface area contributed by atoms with E-state index < -0.39 is 38.6 Å². The second kappa shape index (κ2) is 36.0. The van der Waals surface area contributed by atoms with Gasteiger partial charge in [-0.05, 0) is 70.6 Å². The first-order valence-electron chi connectivity index (χ1n) is 21.1. The van der Waals surface area contributed by atoms with Gasteiger partial charge in [-0.25, -0.2) is 4.57 Å². The molecule has 0 aromatic heterocycles. The topological polar surface area (TPSA) is 129 Å². The van der Waals surface area contributed by atoms with E-state index >= 15 is 0 Å². The van der Waals surface area contributed by atoms with Gasteiger partial charge in [-0.15, -0.1) is 0 Å². The molecule has 0 spiro atoms. The first kappa shape index (κ1) is 52.7. The molecule has 0 aliphatic carbocycles. The molecule has 3 atom stereocenters. The number of nitrogens with zero attached hydrogens (tertiary/aromatic N) is 1. The smallest absolute Gasteiger partial charge is 0.462 e. The van der Waals surface area contributed by atoms with Gasteiger partial charge in [0.1, 0.15) is 19.8 Å².